The Morgan fingerprint density at radius 3 is 2.57 bits per heavy atom. The van der Waals surface area contributed by atoms with Gasteiger partial charge in [0.2, 0.25) is 5.90 Å². The molecule has 0 atom stereocenters. The zero-order valence-corrected chi connectivity index (χ0v) is 16.3. The lowest BCUT2D eigenvalue weighted by molar-refractivity contribution is -0.384. The van der Waals surface area contributed by atoms with Crippen LogP contribution in [0.2, 0.25) is 0 Å². The third kappa shape index (κ3) is 3.98. The highest BCUT2D eigenvalue weighted by atomic mass is 16.6. The Morgan fingerprint density at radius 1 is 1.18 bits per heavy atom. The molecule has 0 fully saturated rings. The van der Waals surface area contributed by atoms with Crippen LogP contribution in [0.4, 0.5) is 5.69 Å². The molecular formula is C21H22N2O5. The van der Waals surface area contributed by atoms with Crippen LogP contribution in [0.3, 0.4) is 0 Å². The van der Waals surface area contributed by atoms with Crippen molar-refractivity contribution >= 4 is 23.7 Å². The van der Waals surface area contributed by atoms with E-state index in [1.54, 1.807) is 38.5 Å². The molecule has 0 spiro atoms. The molecule has 0 saturated heterocycles. The van der Waals surface area contributed by atoms with Gasteiger partial charge in [-0.25, -0.2) is 4.99 Å². The van der Waals surface area contributed by atoms with Crippen LogP contribution < -0.4 is 9.47 Å². The monoisotopic (exact) mass is 382 g/mol. The van der Waals surface area contributed by atoms with Gasteiger partial charge in [-0.15, -0.1) is 0 Å². The van der Waals surface area contributed by atoms with Crippen molar-refractivity contribution in [2.45, 2.75) is 19.4 Å². The first kappa shape index (κ1) is 19.4. The lowest BCUT2D eigenvalue weighted by Crippen LogP contribution is -2.17. The van der Waals surface area contributed by atoms with Gasteiger partial charge in [0.1, 0.15) is 6.61 Å². The van der Waals surface area contributed by atoms with Gasteiger partial charge < -0.3 is 14.2 Å². The Morgan fingerprint density at radius 2 is 1.96 bits per heavy atom. The van der Waals surface area contributed by atoms with E-state index in [-0.39, 0.29) is 11.2 Å². The van der Waals surface area contributed by atoms with Crippen LogP contribution in [-0.4, -0.2) is 37.2 Å². The topological polar surface area (TPSA) is 83.2 Å². The van der Waals surface area contributed by atoms with Gasteiger partial charge in [-0.1, -0.05) is 18.2 Å². The molecule has 7 heteroatoms. The summed E-state index contributed by atoms with van der Waals surface area (Å²) < 4.78 is 16.8. The summed E-state index contributed by atoms with van der Waals surface area (Å²) >= 11 is 0. The molecule has 1 aliphatic rings. The summed E-state index contributed by atoms with van der Waals surface area (Å²) in [6.07, 6.45) is 3.61. The Balaban J connectivity index is 2.10. The summed E-state index contributed by atoms with van der Waals surface area (Å²) in [4.78, 5) is 15.2. The predicted molar refractivity (Wildman–Crippen MR) is 108 cm³/mol. The minimum atomic E-state index is -0.419. The van der Waals surface area contributed by atoms with Gasteiger partial charge >= 0.3 is 0 Å². The van der Waals surface area contributed by atoms with E-state index in [1.807, 2.05) is 26.0 Å². The number of benzene rings is 2. The van der Waals surface area contributed by atoms with E-state index in [1.165, 1.54) is 12.1 Å². The molecule has 0 aliphatic carbocycles. The molecule has 3 rings (SSSR count). The average molecular weight is 382 g/mol. The quantitative estimate of drug-likeness (QED) is 0.422. The minimum Gasteiger partial charge on any atom is -0.493 e. The number of nitro benzene ring substituents is 1. The van der Waals surface area contributed by atoms with Gasteiger partial charge in [-0.05, 0) is 37.6 Å². The number of methoxy groups -OCH3 is 2. The molecule has 0 aromatic heterocycles. The van der Waals surface area contributed by atoms with Gasteiger partial charge in [-0.3, -0.25) is 10.1 Å². The molecule has 2 aromatic rings. The normalized spacial score (nSPS) is 15.2. The molecule has 2 aromatic carbocycles. The Labute approximate surface area is 163 Å². The molecule has 1 heterocycles. The van der Waals surface area contributed by atoms with Crippen molar-refractivity contribution in [2.75, 3.05) is 20.8 Å². The van der Waals surface area contributed by atoms with Crippen LogP contribution in [0.15, 0.2) is 41.4 Å². The van der Waals surface area contributed by atoms with Crippen LogP contribution in [0.1, 0.15) is 30.5 Å². The van der Waals surface area contributed by atoms with Gasteiger partial charge in [0.15, 0.2) is 11.5 Å². The highest BCUT2D eigenvalue weighted by Gasteiger charge is 2.29. The second-order valence-corrected chi connectivity index (χ2v) is 6.97. The predicted octanol–water partition coefficient (Wildman–Crippen LogP) is 4.34. The minimum absolute atomic E-state index is 0.0326. The molecule has 28 heavy (non-hydrogen) atoms. The summed E-state index contributed by atoms with van der Waals surface area (Å²) in [5.41, 5.74) is 1.92. The first-order chi connectivity index (χ1) is 13.3. The SMILES string of the molecule is COc1ccc(C2=NC(C)(C)CO2)c(C=Cc2cccc([N+](=O)[O-])c2)c1OC. The zero-order chi connectivity index (χ0) is 20.3. The van der Waals surface area contributed by atoms with Crippen LogP contribution in [-0.2, 0) is 4.74 Å². The Hall–Kier alpha value is -3.35. The maximum absolute atomic E-state index is 11.0. The Bertz CT molecular complexity index is 963. The molecule has 0 unspecified atom stereocenters. The van der Waals surface area contributed by atoms with Crippen LogP contribution >= 0.6 is 0 Å². The van der Waals surface area contributed by atoms with Crippen LogP contribution in [0.25, 0.3) is 12.2 Å². The van der Waals surface area contributed by atoms with Crippen molar-refractivity contribution in [1.29, 1.82) is 0 Å². The van der Waals surface area contributed by atoms with Crippen LogP contribution in [0.5, 0.6) is 11.5 Å². The summed E-state index contributed by atoms with van der Waals surface area (Å²) in [5, 5.41) is 11.0. The standard InChI is InChI=1S/C21H22N2O5/c1-21(2)13-28-20(22-21)17-10-11-18(26-3)19(27-4)16(17)9-8-14-6-5-7-15(12-14)23(24)25/h5-12H,13H2,1-4H3. The number of aliphatic imine (C=N–C) groups is 1. The summed E-state index contributed by atoms with van der Waals surface area (Å²) in [5.74, 6) is 1.64. The fourth-order valence-corrected chi connectivity index (χ4v) is 2.95. The van der Waals surface area contributed by atoms with Crippen molar-refractivity contribution in [3.05, 3.63) is 63.2 Å². The molecule has 0 N–H and O–H groups in total. The molecule has 146 valence electrons. The average Bonchev–Trinajstić information content (AvgIpc) is 3.05. The largest absolute Gasteiger partial charge is 0.493 e. The number of hydrogen-bond donors (Lipinski definition) is 0. The van der Waals surface area contributed by atoms with Gasteiger partial charge in [0, 0.05) is 23.3 Å². The van der Waals surface area contributed by atoms with Crippen molar-refractivity contribution in [3.8, 4) is 11.5 Å². The Kier molecular flexibility index (Phi) is 5.35. The second kappa shape index (κ2) is 7.72. The first-order valence-electron chi connectivity index (χ1n) is 8.75. The number of rotatable bonds is 6. The number of non-ortho nitro benzene ring substituents is 1. The fraction of sp³-hybridized carbons (Fsp3) is 0.286. The second-order valence-electron chi connectivity index (χ2n) is 6.97. The summed E-state index contributed by atoms with van der Waals surface area (Å²) in [6.45, 7) is 4.49. The van der Waals surface area contributed by atoms with E-state index in [2.05, 4.69) is 4.99 Å². The zero-order valence-electron chi connectivity index (χ0n) is 16.3. The van der Waals surface area contributed by atoms with E-state index in [9.17, 15) is 10.1 Å². The molecule has 1 aliphatic heterocycles. The maximum atomic E-state index is 11.0. The van der Waals surface area contributed by atoms with E-state index in [0.717, 1.165) is 11.1 Å². The third-order valence-corrected chi connectivity index (χ3v) is 4.30. The molecule has 0 bridgehead atoms. The van der Waals surface area contributed by atoms with Crippen molar-refractivity contribution in [3.63, 3.8) is 0 Å². The number of nitro groups is 1. The van der Waals surface area contributed by atoms with Gasteiger partial charge in [0.25, 0.3) is 5.69 Å². The van der Waals surface area contributed by atoms with Crippen LogP contribution in [0, 0.1) is 10.1 Å². The molecule has 0 saturated carbocycles. The lowest BCUT2D eigenvalue weighted by Gasteiger charge is -2.14. The van der Waals surface area contributed by atoms with E-state index in [4.69, 9.17) is 14.2 Å². The smallest absolute Gasteiger partial charge is 0.270 e. The number of hydrogen-bond acceptors (Lipinski definition) is 6. The summed E-state index contributed by atoms with van der Waals surface area (Å²) in [6, 6.07) is 10.1. The number of nitrogens with zero attached hydrogens (tertiary/aromatic N) is 2. The highest BCUT2D eigenvalue weighted by molar-refractivity contribution is 6.01. The first-order valence-corrected chi connectivity index (χ1v) is 8.75. The lowest BCUT2D eigenvalue weighted by atomic mass is 10.0. The van der Waals surface area contributed by atoms with Crippen molar-refractivity contribution < 1.29 is 19.1 Å². The fourth-order valence-electron chi connectivity index (χ4n) is 2.95. The summed E-state index contributed by atoms with van der Waals surface area (Å²) in [7, 11) is 3.13. The molecule has 7 nitrogen and oxygen atoms in total. The molecular weight excluding hydrogens is 360 g/mol. The van der Waals surface area contributed by atoms with Gasteiger partial charge in [0.05, 0.1) is 24.7 Å². The van der Waals surface area contributed by atoms with E-state index < -0.39 is 4.92 Å². The maximum Gasteiger partial charge on any atom is 0.270 e. The highest BCUT2D eigenvalue weighted by Crippen LogP contribution is 2.36. The molecule has 0 amide bonds. The van der Waals surface area contributed by atoms with Gasteiger partial charge in [-0.2, -0.15) is 0 Å². The van der Waals surface area contributed by atoms with Crippen molar-refractivity contribution in [1.82, 2.24) is 0 Å². The number of ether oxygens (including phenoxy) is 3. The van der Waals surface area contributed by atoms with E-state index >= 15 is 0 Å². The molecule has 0 radical (unpaired) electrons. The van der Waals surface area contributed by atoms with E-state index in [0.29, 0.717) is 29.6 Å². The van der Waals surface area contributed by atoms with Crippen molar-refractivity contribution in [2.24, 2.45) is 4.99 Å². The third-order valence-electron chi connectivity index (χ3n) is 4.30.